The molecule has 3 aliphatic rings. The number of carbonyl (C=O) groups is 1. The molecule has 136 valence electrons. The van der Waals surface area contributed by atoms with Gasteiger partial charge in [0.05, 0.1) is 12.0 Å². The Morgan fingerprint density at radius 1 is 1.23 bits per heavy atom. The van der Waals surface area contributed by atoms with Crippen molar-refractivity contribution < 1.29 is 9.32 Å². The van der Waals surface area contributed by atoms with Crippen LogP contribution in [0.2, 0.25) is 0 Å². The van der Waals surface area contributed by atoms with Gasteiger partial charge in [0.2, 0.25) is 11.8 Å². The number of pyridine rings is 1. The van der Waals surface area contributed by atoms with Gasteiger partial charge in [-0.25, -0.2) is 0 Å². The number of aryl methyl sites for hydroxylation is 1. The zero-order valence-electron chi connectivity index (χ0n) is 15.0. The first-order valence-electron chi connectivity index (χ1n) is 9.42. The van der Waals surface area contributed by atoms with E-state index in [4.69, 9.17) is 4.52 Å². The first-order chi connectivity index (χ1) is 12.7. The van der Waals surface area contributed by atoms with Crippen LogP contribution in [0.15, 0.2) is 23.0 Å². The van der Waals surface area contributed by atoms with Gasteiger partial charge in [0.15, 0.2) is 5.82 Å². The molecule has 2 aliphatic heterocycles. The second-order valence-corrected chi connectivity index (χ2v) is 7.86. The topological polar surface area (TPSA) is 75.4 Å². The van der Waals surface area contributed by atoms with Crippen molar-refractivity contribution in [3.05, 3.63) is 41.3 Å². The van der Waals surface area contributed by atoms with Crippen molar-refractivity contribution in [3.63, 3.8) is 0 Å². The molecule has 1 saturated carbocycles. The van der Waals surface area contributed by atoms with Crippen LogP contribution in [0, 0.1) is 6.92 Å². The van der Waals surface area contributed by atoms with E-state index in [1.54, 1.807) is 0 Å². The monoisotopic (exact) mass is 353 g/mol. The highest BCUT2D eigenvalue weighted by Crippen LogP contribution is 2.39. The molecule has 5 rings (SSSR count). The quantitative estimate of drug-likeness (QED) is 0.817. The van der Waals surface area contributed by atoms with E-state index in [0.29, 0.717) is 30.8 Å². The van der Waals surface area contributed by atoms with Crippen molar-refractivity contribution in [1.82, 2.24) is 24.9 Å². The Bertz CT molecular complexity index is 825. The van der Waals surface area contributed by atoms with Crippen molar-refractivity contribution in [2.45, 2.75) is 50.6 Å². The molecule has 1 unspecified atom stereocenters. The van der Waals surface area contributed by atoms with Gasteiger partial charge in [-0.15, -0.1) is 0 Å². The third-order valence-electron chi connectivity index (χ3n) is 5.82. The summed E-state index contributed by atoms with van der Waals surface area (Å²) in [6, 6.07) is 2.38. The number of likely N-dealkylation sites (tertiary alicyclic amines) is 2. The van der Waals surface area contributed by atoms with Gasteiger partial charge in [-0.3, -0.25) is 14.7 Å². The SMILES string of the molecule is Cc1cnccc1CN1CC(N2CC(c3nc(C4CC4)no3)CC2=O)C1. The zero-order chi connectivity index (χ0) is 17.7. The standard InChI is InChI=1S/C19H23N5O2/c1-12-7-20-5-4-14(12)8-23-10-16(11-23)24-9-15(6-17(24)25)19-21-18(22-26-19)13-2-3-13/h4-5,7,13,15-16H,2-3,6,8-11H2,1H3. The molecular formula is C19H23N5O2. The molecule has 3 fully saturated rings. The van der Waals surface area contributed by atoms with Gasteiger partial charge in [0.1, 0.15) is 0 Å². The first kappa shape index (κ1) is 15.9. The van der Waals surface area contributed by atoms with Gasteiger partial charge in [-0.2, -0.15) is 4.98 Å². The lowest BCUT2D eigenvalue weighted by Crippen LogP contribution is -2.59. The molecule has 0 aromatic carbocycles. The third-order valence-corrected chi connectivity index (χ3v) is 5.82. The van der Waals surface area contributed by atoms with Crippen LogP contribution in [0.3, 0.4) is 0 Å². The van der Waals surface area contributed by atoms with Gasteiger partial charge >= 0.3 is 0 Å². The molecular weight excluding hydrogens is 330 g/mol. The number of aromatic nitrogens is 3. The maximum absolute atomic E-state index is 12.5. The number of nitrogens with zero attached hydrogens (tertiary/aromatic N) is 5. The molecule has 2 aromatic rings. The number of rotatable bonds is 5. The summed E-state index contributed by atoms with van der Waals surface area (Å²) in [5.74, 6) is 2.22. The van der Waals surface area contributed by atoms with E-state index in [1.165, 1.54) is 11.1 Å². The molecule has 4 heterocycles. The minimum atomic E-state index is 0.0546. The molecule has 0 spiro atoms. The van der Waals surface area contributed by atoms with Gasteiger partial charge in [-0.05, 0) is 37.0 Å². The molecule has 1 aliphatic carbocycles. The molecule has 2 saturated heterocycles. The maximum atomic E-state index is 12.5. The van der Waals surface area contributed by atoms with Crippen LogP contribution in [0.25, 0.3) is 0 Å². The van der Waals surface area contributed by atoms with Crippen molar-refractivity contribution >= 4 is 5.91 Å². The van der Waals surface area contributed by atoms with Crippen LogP contribution < -0.4 is 0 Å². The predicted octanol–water partition coefficient (Wildman–Crippen LogP) is 1.85. The highest BCUT2D eigenvalue weighted by atomic mass is 16.5. The van der Waals surface area contributed by atoms with Crippen LogP contribution in [0.1, 0.15) is 53.9 Å². The number of hydrogen-bond acceptors (Lipinski definition) is 6. The van der Waals surface area contributed by atoms with Gasteiger partial charge in [0, 0.05) is 50.9 Å². The van der Waals surface area contributed by atoms with E-state index in [-0.39, 0.29) is 11.8 Å². The fourth-order valence-electron chi connectivity index (χ4n) is 3.96. The Balaban J connectivity index is 1.18. The molecule has 1 atom stereocenters. The van der Waals surface area contributed by atoms with Crippen LogP contribution >= 0.6 is 0 Å². The average molecular weight is 353 g/mol. The lowest BCUT2D eigenvalue weighted by atomic mass is 10.0. The lowest BCUT2D eigenvalue weighted by molar-refractivity contribution is -0.133. The number of carbonyl (C=O) groups excluding carboxylic acids is 1. The van der Waals surface area contributed by atoms with Crippen LogP contribution in [-0.4, -0.2) is 56.5 Å². The highest BCUT2D eigenvalue weighted by Gasteiger charge is 2.42. The molecule has 0 radical (unpaired) electrons. The summed E-state index contributed by atoms with van der Waals surface area (Å²) in [6.07, 6.45) is 6.55. The molecule has 7 heteroatoms. The minimum absolute atomic E-state index is 0.0546. The van der Waals surface area contributed by atoms with Crippen molar-refractivity contribution in [1.29, 1.82) is 0 Å². The van der Waals surface area contributed by atoms with Crippen molar-refractivity contribution in [2.24, 2.45) is 0 Å². The van der Waals surface area contributed by atoms with Crippen molar-refractivity contribution in [3.8, 4) is 0 Å². The summed E-state index contributed by atoms with van der Waals surface area (Å²) in [5, 5.41) is 4.09. The van der Waals surface area contributed by atoms with Crippen LogP contribution in [-0.2, 0) is 11.3 Å². The summed E-state index contributed by atoms with van der Waals surface area (Å²) in [5.41, 5.74) is 2.53. The van der Waals surface area contributed by atoms with Crippen LogP contribution in [0.4, 0.5) is 0 Å². The maximum Gasteiger partial charge on any atom is 0.232 e. The average Bonchev–Trinajstić information content (AvgIpc) is 3.20. The van der Waals surface area contributed by atoms with E-state index in [1.807, 2.05) is 17.3 Å². The normalized spacial score (nSPS) is 24.3. The second-order valence-electron chi connectivity index (χ2n) is 7.86. The highest BCUT2D eigenvalue weighted by molar-refractivity contribution is 5.80. The summed E-state index contributed by atoms with van der Waals surface area (Å²) in [6.45, 7) is 5.58. The van der Waals surface area contributed by atoms with Gasteiger partial charge in [0.25, 0.3) is 0 Å². The molecule has 0 N–H and O–H groups in total. The Hall–Kier alpha value is -2.28. The van der Waals surface area contributed by atoms with Crippen molar-refractivity contribution in [2.75, 3.05) is 19.6 Å². The zero-order valence-corrected chi connectivity index (χ0v) is 15.0. The molecule has 7 nitrogen and oxygen atoms in total. The third kappa shape index (κ3) is 2.90. The summed E-state index contributed by atoms with van der Waals surface area (Å²) < 4.78 is 5.43. The van der Waals surface area contributed by atoms with E-state index in [9.17, 15) is 4.79 Å². The van der Waals surface area contributed by atoms with E-state index in [2.05, 4.69) is 33.0 Å². The van der Waals surface area contributed by atoms with Crippen LogP contribution in [0.5, 0.6) is 0 Å². The Morgan fingerprint density at radius 2 is 2.08 bits per heavy atom. The second kappa shape index (κ2) is 6.16. The fraction of sp³-hybridized carbons (Fsp3) is 0.579. The Morgan fingerprint density at radius 3 is 2.85 bits per heavy atom. The van der Waals surface area contributed by atoms with E-state index < -0.39 is 0 Å². The summed E-state index contributed by atoms with van der Waals surface area (Å²) in [4.78, 5) is 25.5. The smallest absolute Gasteiger partial charge is 0.232 e. The summed E-state index contributed by atoms with van der Waals surface area (Å²) in [7, 11) is 0. The molecule has 1 amide bonds. The molecule has 2 aromatic heterocycles. The Kier molecular flexibility index (Phi) is 3.77. The predicted molar refractivity (Wildman–Crippen MR) is 93.4 cm³/mol. The summed E-state index contributed by atoms with van der Waals surface area (Å²) >= 11 is 0. The lowest BCUT2D eigenvalue weighted by Gasteiger charge is -2.44. The van der Waals surface area contributed by atoms with Gasteiger partial charge in [-0.1, -0.05) is 5.16 Å². The first-order valence-corrected chi connectivity index (χ1v) is 9.42. The fourth-order valence-corrected chi connectivity index (χ4v) is 3.96. The number of amides is 1. The minimum Gasteiger partial charge on any atom is -0.339 e. The largest absolute Gasteiger partial charge is 0.339 e. The van der Waals surface area contributed by atoms with Gasteiger partial charge < -0.3 is 9.42 Å². The van der Waals surface area contributed by atoms with E-state index >= 15 is 0 Å². The Labute approximate surface area is 152 Å². The molecule has 0 bridgehead atoms. The van der Waals surface area contributed by atoms with E-state index in [0.717, 1.165) is 38.3 Å². The molecule has 26 heavy (non-hydrogen) atoms. The number of hydrogen-bond donors (Lipinski definition) is 0.